The lowest BCUT2D eigenvalue weighted by Crippen LogP contribution is -2.33. The van der Waals surface area contributed by atoms with Gasteiger partial charge in [-0.1, -0.05) is 32.9 Å². The minimum atomic E-state index is -3.39. The molecule has 0 atom stereocenters. The number of hydrogen-bond donors (Lipinski definition) is 1. The molecule has 0 heterocycles. The summed E-state index contributed by atoms with van der Waals surface area (Å²) in [6.45, 7) is 11.2. The Morgan fingerprint density at radius 2 is 1.88 bits per heavy atom. The van der Waals surface area contributed by atoms with Crippen LogP contribution in [-0.2, 0) is 14.8 Å². The van der Waals surface area contributed by atoms with Crippen molar-refractivity contribution in [2.45, 2.75) is 52.2 Å². The molecule has 7 heteroatoms. The van der Waals surface area contributed by atoms with E-state index >= 15 is 0 Å². The molecule has 1 aromatic rings. The van der Waals surface area contributed by atoms with Gasteiger partial charge in [0.15, 0.2) is 0 Å². The van der Waals surface area contributed by atoms with E-state index in [1.165, 1.54) is 10.6 Å². The van der Waals surface area contributed by atoms with E-state index in [4.69, 9.17) is 0 Å². The SMILES string of the molecule is Cc1ccc(C)c(N(CCCC(=O)NCCSC(C)(C)C)S(C)(=O)=O)c1. The van der Waals surface area contributed by atoms with Gasteiger partial charge in [-0.15, -0.1) is 0 Å². The zero-order valence-electron chi connectivity index (χ0n) is 16.8. The first kappa shape index (κ1) is 22.8. The Kier molecular flexibility index (Phi) is 8.47. The van der Waals surface area contributed by atoms with Crippen molar-refractivity contribution in [2.24, 2.45) is 0 Å². The predicted molar refractivity (Wildman–Crippen MR) is 113 cm³/mol. The third kappa shape index (κ3) is 8.45. The summed E-state index contributed by atoms with van der Waals surface area (Å²) in [5.74, 6) is 0.835. The highest BCUT2D eigenvalue weighted by Crippen LogP contribution is 2.24. The Balaban J connectivity index is 2.56. The zero-order chi connectivity index (χ0) is 20.0. The number of rotatable bonds is 9. The van der Waals surface area contributed by atoms with Gasteiger partial charge in [-0.2, -0.15) is 11.8 Å². The summed E-state index contributed by atoms with van der Waals surface area (Å²) in [5.41, 5.74) is 2.60. The number of aryl methyl sites for hydroxylation is 2. The van der Waals surface area contributed by atoms with Gasteiger partial charge in [0, 0.05) is 30.0 Å². The van der Waals surface area contributed by atoms with E-state index in [0.717, 1.165) is 16.9 Å². The molecule has 26 heavy (non-hydrogen) atoms. The summed E-state index contributed by atoms with van der Waals surface area (Å²) in [7, 11) is -3.39. The van der Waals surface area contributed by atoms with Crippen molar-refractivity contribution < 1.29 is 13.2 Å². The molecule has 0 spiro atoms. The number of carbonyl (C=O) groups excluding carboxylic acids is 1. The minimum Gasteiger partial charge on any atom is -0.355 e. The molecule has 0 saturated heterocycles. The second-order valence-corrected chi connectivity index (χ2v) is 11.4. The van der Waals surface area contributed by atoms with Crippen LogP contribution >= 0.6 is 11.8 Å². The number of hydrogen-bond acceptors (Lipinski definition) is 4. The summed E-state index contributed by atoms with van der Waals surface area (Å²) in [4.78, 5) is 12.0. The smallest absolute Gasteiger partial charge is 0.232 e. The third-order valence-corrected chi connectivity index (χ3v) is 6.21. The van der Waals surface area contributed by atoms with Crippen LogP contribution in [0.2, 0.25) is 0 Å². The molecular formula is C19H32N2O3S2. The molecule has 1 rings (SSSR count). The highest BCUT2D eigenvalue weighted by atomic mass is 32.2. The molecule has 148 valence electrons. The third-order valence-electron chi connectivity index (χ3n) is 3.76. The first-order valence-corrected chi connectivity index (χ1v) is 11.7. The molecule has 1 amide bonds. The first-order chi connectivity index (χ1) is 11.9. The Bertz CT molecular complexity index is 710. The van der Waals surface area contributed by atoms with Crippen molar-refractivity contribution in [3.63, 3.8) is 0 Å². The van der Waals surface area contributed by atoms with Crippen LogP contribution in [-0.4, -0.2) is 44.2 Å². The lowest BCUT2D eigenvalue weighted by Gasteiger charge is -2.24. The number of benzene rings is 1. The largest absolute Gasteiger partial charge is 0.355 e. The van der Waals surface area contributed by atoms with Crippen molar-refractivity contribution in [1.29, 1.82) is 0 Å². The van der Waals surface area contributed by atoms with Gasteiger partial charge in [0.1, 0.15) is 0 Å². The molecule has 0 unspecified atom stereocenters. The van der Waals surface area contributed by atoms with Crippen LogP contribution in [0.3, 0.4) is 0 Å². The van der Waals surface area contributed by atoms with Crippen molar-refractivity contribution in [2.75, 3.05) is 29.4 Å². The minimum absolute atomic E-state index is 0.0334. The van der Waals surface area contributed by atoms with Gasteiger partial charge in [0.2, 0.25) is 15.9 Å². The summed E-state index contributed by atoms with van der Waals surface area (Å²) in [6.07, 6.45) is 2.01. The average molecular weight is 401 g/mol. The maximum absolute atomic E-state index is 12.2. The monoisotopic (exact) mass is 400 g/mol. The van der Waals surface area contributed by atoms with Crippen molar-refractivity contribution >= 4 is 33.4 Å². The lowest BCUT2D eigenvalue weighted by molar-refractivity contribution is -0.121. The van der Waals surface area contributed by atoms with E-state index in [1.807, 2.05) is 32.0 Å². The number of sulfonamides is 1. The molecule has 0 fully saturated rings. The molecule has 1 aromatic carbocycles. The number of anilines is 1. The standard InChI is InChI=1S/C19H32N2O3S2/c1-15-9-10-16(2)17(14-15)21(26(6,23)24)12-7-8-18(22)20-11-13-25-19(3,4)5/h9-10,14H,7-8,11-13H2,1-6H3,(H,20,22). The van der Waals surface area contributed by atoms with Crippen LogP contribution in [0.5, 0.6) is 0 Å². The van der Waals surface area contributed by atoms with E-state index in [-0.39, 0.29) is 10.7 Å². The quantitative estimate of drug-likeness (QED) is 0.644. The number of nitrogens with zero attached hydrogens (tertiary/aromatic N) is 1. The highest BCUT2D eigenvalue weighted by molar-refractivity contribution is 8.00. The van der Waals surface area contributed by atoms with Gasteiger partial charge in [0.25, 0.3) is 0 Å². The first-order valence-electron chi connectivity index (χ1n) is 8.86. The van der Waals surface area contributed by atoms with E-state index in [2.05, 4.69) is 26.1 Å². The van der Waals surface area contributed by atoms with Gasteiger partial charge in [0.05, 0.1) is 11.9 Å². The van der Waals surface area contributed by atoms with Crippen molar-refractivity contribution in [3.05, 3.63) is 29.3 Å². The van der Waals surface area contributed by atoms with Crippen molar-refractivity contribution in [1.82, 2.24) is 5.32 Å². The van der Waals surface area contributed by atoms with E-state index in [0.29, 0.717) is 31.6 Å². The molecule has 0 bridgehead atoms. The summed E-state index contributed by atoms with van der Waals surface area (Å²) in [5, 5.41) is 2.90. The zero-order valence-corrected chi connectivity index (χ0v) is 18.4. The molecule has 0 aliphatic heterocycles. The Hall–Kier alpha value is -1.21. The number of thioether (sulfide) groups is 1. The van der Waals surface area contributed by atoms with E-state index in [1.54, 1.807) is 11.8 Å². The fraction of sp³-hybridized carbons (Fsp3) is 0.632. The summed E-state index contributed by atoms with van der Waals surface area (Å²) < 4.78 is 26.0. The van der Waals surface area contributed by atoms with Crippen LogP contribution in [0, 0.1) is 13.8 Å². The van der Waals surface area contributed by atoms with Crippen LogP contribution in [0.1, 0.15) is 44.7 Å². The van der Waals surface area contributed by atoms with Crippen LogP contribution in [0.15, 0.2) is 18.2 Å². The molecule has 1 N–H and O–H groups in total. The predicted octanol–water partition coefficient (Wildman–Crippen LogP) is 3.50. The molecule has 0 saturated carbocycles. The van der Waals surface area contributed by atoms with Crippen molar-refractivity contribution in [3.8, 4) is 0 Å². The van der Waals surface area contributed by atoms with Gasteiger partial charge < -0.3 is 5.32 Å². The van der Waals surface area contributed by atoms with Crippen LogP contribution in [0.25, 0.3) is 0 Å². The molecule has 5 nitrogen and oxygen atoms in total. The summed E-state index contributed by atoms with van der Waals surface area (Å²) in [6, 6.07) is 5.75. The lowest BCUT2D eigenvalue weighted by atomic mass is 10.1. The fourth-order valence-corrected chi connectivity index (χ4v) is 4.30. The molecule has 0 aliphatic carbocycles. The second-order valence-electron chi connectivity index (χ2n) is 7.54. The van der Waals surface area contributed by atoms with Crippen LogP contribution in [0.4, 0.5) is 5.69 Å². The Labute approximate surface area is 163 Å². The molecule has 0 radical (unpaired) electrons. The number of nitrogens with one attached hydrogen (secondary N) is 1. The Morgan fingerprint density at radius 3 is 2.46 bits per heavy atom. The normalized spacial score (nSPS) is 12.1. The number of carbonyl (C=O) groups is 1. The molecule has 0 aliphatic rings. The van der Waals surface area contributed by atoms with Crippen LogP contribution < -0.4 is 9.62 Å². The van der Waals surface area contributed by atoms with Gasteiger partial charge in [-0.25, -0.2) is 8.42 Å². The molecular weight excluding hydrogens is 368 g/mol. The molecule has 0 aromatic heterocycles. The maximum atomic E-state index is 12.2. The maximum Gasteiger partial charge on any atom is 0.232 e. The topological polar surface area (TPSA) is 66.5 Å². The number of amides is 1. The summed E-state index contributed by atoms with van der Waals surface area (Å²) >= 11 is 1.81. The van der Waals surface area contributed by atoms with E-state index in [9.17, 15) is 13.2 Å². The second kappa shape index (κ2) is 9.65. The highest BCUT2D eigenvalue weighted by Gasteiger charge is 2.19. The van der Waals surface area contributed by atoms with Gasteiger partial charge in [-0.05, 0) is 37.5 Å². The average Bonchev–Trinajstić information content (AvgIpc) is 2.49. The Morgan fingerprint density at radius 1 is 1.23 bits per heavy atom. The fourth-order valence-electron chi connectivity index (χ4n) is 2.47. The van der Waals surface area contributed by atoms with E-state index < -0.39 is 10.0 Å². The van der Waals surface area contributed by atoms with Gasteiger partial charge >= 0.3 is 0 Å². The van der Waals surface area contributed by atoms with Gasteiger partial charge in [-0.3, -0.25) is 9.10 Å².